The van der Waals surface area contributed by atoms with Gasteiger partial charge in [-0.05, 0) is 68.7 Å². The number of anilines is 1. The van der Waals surface area contributed by atoms with Crippen LogP contribution in [0.2, 0.25) is 5.02 Å². The van der Waals surface area contributed by atoms with E-state index >= 15 is 0 Å². The zero-order chi connectivity index (χ0) is 19.3. The van der Waals surface area contributed by atoms with E-state index < -0.39 is 18.0 Å². The van der Waals surface area contributed by atoms with Crippen LogP contribution in [0.3, 0.4) is 0 Å². The number of rotatable bonds is 6. The third-order valence-corrected chi connectivity index (χ3v) is 4.36. The lowest BCUT2D eigenvalue weighted by Gasteiger charge is -2.14. The summed E-state index contributed by atoms with van der Waals surface area (Å²) in [5, 5.41) is 3.21. The number of halogens is 1. The predicted octanol–water partition coefficient (Wildman–Crippen LogP) is 4.21. The molecule has 2 rings (SSSR count). The Morgan fingerprint density at radius 2 is 1.73 bits per heavy atom. The molecule has 26 heavy (non-hydrogen) atoms. The number of aryl methyl sites for hydroxylation is 3. The number of ether oxygens (including phenoxy) is 2. The molecule has 1 N–H and O–H groups in total. The Balaban J connectivity index is 1.84. The average Bonchev–Trinajstić information content (AvgIpc) is 2.59. The van der Waals surface area contributed by atoms with Crippen LogP contribution in [0.5, 0.6) is 5.75 Å². The summed E-state index contributed by atoms with van der Waals surface area (Å²) in [4.78, 5) is 24.0. The molecule has 0 fully saturated rings. The summed E-state index contributed by atoms with van der Waals surface area (Å²) in [5.41, 5.74) is 3.66. The Labute approximate surface area is 158 Å². The molecule has 0 radical (unpaired) electrons. The molecule has 1 amide bonds. The van der Waals surface area contributed by atoms with Crippen LogP contribution in [0.1, 0.15) is 23.6 Å². The van der Waals surface area contributed by atoms with Crippen LogP contribution >= 0.6 is 11.6 Å². The summed E-state index contributed by atoms with van der Waals surface area (Å²) < 4.78 is 10.5. The molecule has 6 heteroatoms. The molecule has 2 aromatic rings. The maximum absolute atomic E-state index is 12.1. The average molecular weight is 376 g/mol. The Hall–Kier alpha value is -2.53. The molecule has 0 bridgehead atoms. The summed E-state index contributed by atoms with van der Waals surface area (Å²) in [7, 11) is 0. The third kappa shape index (κ3) is 5.49. The number of carbonyl (C=O) groups is 2. The van der Waals surface area contributed by atoms with Gasteiger partial charge in [-0.1, -0.05) is 23.7 Å². The molecule has 0 spiro atoms. The molecule has 0 saturated heterocycles. The van der Waals surface area contributed by atoms with Gasteiger partial charge in [-0.25, -0.2) is 4.79 Å². The second kappa shape index (κ2) is 8.72. The first-order valence-corrected chi connectivity index (χ1v) is 8.60. The topological polar surface area (TPSA) is 64.6 Å². The van der Waals surface area contributed by atoms with Gasteiger partial charge in [0.15, 0.2) is 12.7 Å². The zero-order valence-corrected chi connectivity index (χ0v) is 16.0. The van der Waals surface area contributed by atoms with Crippen LogP contribution in [0.25, 0.3) is 0 Å². The predicted molar refractivity (Wildman–Crippen MR) is 102 cm³/mol. The number of benzene rings is 2. The molecule has 0 aliphatic rings. The maximum atomic E-state index is 12.1. The van der Waals surface area contributed by atoms with E-state index in [2.05, 4.69) is 5.32 Å². The van der Waals surface area contributed by atoms with E-state index in [1.807, 2.05) is 32.9 Å². The second-order valence-corrected chi connectivity index (χ2v) is 6.53. The van der Waals surface area contributed by atoms with Crippen molar-refractivity contribution in [3.8, 4) is 5.75 Å². The molecule has 5 nitrogen and oxygen atoms in total. The fourth-order valence-corrected chi connectivity index (χ4v) is 2.33. The van der Waals surface area contributed by atoms with Crippen LogP contribution in [0.4, 0.5) is 5.69 Å². The van der Waals surface area contributed by atoms with Crippen LogP contribution < -0.4 is 10.1 Å². The van der Waals surface area contributed by atoms with Gasteiger partial charge in [-0.2, -0.15) is 0 Å². The highest BCUT2D eigenvalue weighted by atomic mass is 35.5. The molecular weight excluding hydrogens is 354 g/mol. The van der Waals surface area contributed by atoms with Crippen molar-refractivity contribution in [1.82, 2.24) is 0 Å². The standard InChI is InChI=1S/C20H22ClNO4/c1-12-6-8-17(9-14(12)3)25-11-19(23)26-15(4)20(24)22-16-7-5-13(2)18(21)10-16/h5-10,15H,11H2,1-4H3,(H,22,24)/t15-/m0/s1. The molecular formula is C20H22ClNO4. The number of carbonyl (C=O) groups excluding carboxylic acids is 2. The summed E-state index contributed by atoms with van der Waals surface area (Å²) in [6.45, 7) is 7.06. The van der Waals surface area contributed by atoms with E-state index in [1.165, 1.54) is 6.92 Å². The largest absolute Gasteiger partial charge is 0.482 e. The first kappa shape index (κ1) is 19.8. The molecule has 0 saturated carbocycles. The Kier molecular flexibility index (Phi) is 6.64. The molecule has 0 aliphatic heterocycles. The number of nitrogens with one attached hydrogen (secondary N) is 1. The van der Waals surface area contributed by atoms with Crippen LogP contribution in [-0.4, -0.2) is 24.6 Å². The first-order chi connectivity index (χ1) is 12.3. The Bertz CT molecular complexity index is 819. The van der Waals surface area contributed by atoms with Gasteiger partial charge in [-0.15, -0.1) is 0 Å². The molecule has 0 unspecified atom stereocenters. The van der Waals surface area contributed by atoms with Gasteiger partial charge in [0.05, 0.1) is 0 Å². The summed E-state index contributed by atoms with van der Waals surface area (Å²) in [5.74, 6) is -0.478. The number of amides is 1. The Morgan fingerprint density at radius 3 is 2.38 bits per heavy atom. The highest BCUT2D eigenvalue weighted by molar-refractivity contribution is 6.31. The number of esters is 1. The lowest BCUT2D eigenvalue weighted by Crippen LogP contribution is -2.31. The monoisotopic (exact) mass is 375 g/mol. The summed E-state index contributed by atoms with van der Waals surface area (Å²) in [6, 6.07) is 10.7. The molecule has 1 atom stereocenters. The van der Waals surface area contributed by atoms with Crippen molar-refractivity contribution in [2.45, 2.75) is 33.8 Å². The SMILES string of the molecule is Cc1ccc(OCC(=O)O[C@@H](C)C(=O)Nc2ccc(C)c(Cl)c2)cc1C. The minimum atomic E-state index is -0.953. The maximum Gasteiger partial charge on any atom is 0.344 e. The van der Waals surface area contributed by atoms with Crippen molar-refractivity contribution in [3.63, 3.8) is 0 Å². The number of hydrogen-bond donors (Lipinski definition) is 1. The van der Waals surface area contributed by atoms with E-state index in [0.717, 1.165) is 16.7 Å². The van der Waals surface area contributed by atoms with Crippen LogP contribution in [0, 0.1) is 20.8 Å². The molecule has 0 aliphatic carbocycles. The van der Waals surface area contributed by atoms with Gasteiger partial charge < -0.3 is 14.8 Å². The fourth-order valence-electron chi connectivity index (χ4n) is 2.15. The summed E-state index contributed by atoms with van der Waals surface area (Å²) >= 11 is 6.03. The molecule has 0 heterocycles. The van der Waals surface area contributed by atoms with Gasteiger partial charge in [0, 0.05) is 10.7 Å². The van der Waals surface area contributed by atoms with Crippen molar-refractivity contribution >= 4 is 29.2 Å². The van der Waals surface area contributed by atoms with Gasteiger partial charge >= 0.3 is 5.97 Å². The minimum absolute atomic E-state index is 0.267. The van der Waals surface area contributed by atoms with Crippen molar-refractivity contribution in [2.24, 2.45) is 0 Å². The van der Waals surface area contributed by atoms with E-state index in [4.69, 9.17) is 21.1 Å². The van der Waals surface area contributed by atoms with E-state index in [-0.39, 0.29) is 6.61 Å². The van der Waals surface area contributed by atoms with Crippen LogP contribution in [0.15, 0.2) is 36.4 Å². The van der Waals surface area contributed by atoms with Crippen molar-refractivity contribution < 1.29 is 19.1 Å². The van der Waals surface area contributed by atoms with E-state index in [9.17, 15) is 9.59 Å². The quantitative estimate of drug-likeness (QED) is 0.768. The lowest BCUT2D eigenvalue weighted by molar-refractivity contribution is -0.155. The van der Waals surface area contributed by atoms with Crippen molar-refractivity contribution in [1.29, 1.82) is 0 Å². The first-order valence-electron chi connectivity index (χ1n) is 8.23. The van der Waals surface area contributed by atoms with Gasteiger partial charge in [0.1, 0.15) is 5.75 Å². The molecule has 0 aromatic heterocycles. The van der Waals surface area contributed by atoms with E-state index in [1.54, 1.807) is 24.3 Å². The fraction of sp³-hybridized carbons (Fsp3) is 0.300. The van der Waals surface area contributed by atoms with Gasteiger partial charge in [-0.3, -0.25) is 4.79 Å². The lowest BCUT2D eigenvalue weighted by atomic mass is 10.1. The highest BCUT2D eigenvalue weighted by Gasteiger charge is 2.18. The number of hydrogen-bond acceptors (Lipinski definition) is 4. The van der Waals surface area contributed by atoms with Gasteiger partial charge in [0.2, 0.25) is 0 Å². The highest BCUT2D eigenvalue weighted by Crippen LogP contribution is 2.20. The smallest absolute Gasteiger partial charge is 0.344 e. The molecule has 2 aromatic carbocycles. The normalized spacial score (nSPS) is 11.6. The summed E-state index contributed by atoms with van der Waals surface area (Å²) in [6.07, 6.45) is -0.953. The van der Waals surface area contributed by atoms with Gasteiger partial charge in [0.25, 0.3) is 5.91 Å². The second-order valence-electron chi connectivity index (χ2n) is 6.12. The Morgan fingerprint density at radius 1 is 1.04 bits per heavy atom. The third-order valence-electron chi connectivity index (χ3n) is 3.95. The molecule has 138 valence electrons. The van der Waals surface area contributed by atoms with Crippen LogP contribution in [-0.2, 0) is 14.3 Å². The van der Waals surface area contributed by atoms with Crippen molar-refractivity contribution in [3.05, 3.63) is 58.1 Å². The van der Waals surface area contributed by atoms with E-state index in [0.29, 0.717) is 16.5 Å². The zero-order valence-electron chi connectivity index (χ0n) is 15.3. The minimum Gasteiger partial charge on any atom is -0.482 e. The van der Waals surface area contributed by atoms with Crippen molar-refractivity contribution in [2.75, 3.05) is 11.9 Å².